The summed E-state index contributed by atoms with van der Waals surface area (Å²) in [4.78, 5) is 15.9. The molecule has 0 amide bonds. The van der Waals surface area contributed by atoms with Crippen molar-refractivity contribution in [2.75, 3.05) is 64.3 Å². The van der Waals surface area contributed by atoms with E-state index >= 15 is 0 Å². The number of anilines is 1. The molecule has 0 N–H and O–H groups in total. The zero-order valence-corrected chi connectivity index (χ0v) is 21.0. The van der Waals surface area contributed by atoms with Gasteiger partial charge in [-0.25, -0.2) is 13.4 Å². The minimum absolute atomic E-state index is 0.255. The Morgan fingerprint density at radius 3 is 2.29 bits per heavy atom. The number of piperazine rings is 2. The number of rotatable bonds is 6. The van der Waals surface area contributed by atoms with Crippen LogP contribution in [0.2, 0.25) is 0 Å². The van der Waals surface area contributed by atoms with Crippen LogP contribution in [0.15, 0.2) is 52.0 Å². The predicted molar refractivity (Wildman–Crippen MR) is 132 cm³/mol. The van der Waals surface area contributed by atoms with Gasteiger partial charge in [-0.15, -0.1) is 0 Å². The summed E-state index contributed by atoms with van der Waals surface area (Å²) < 4.78 is 32.9. The molecule has 35 heavy (non-hydrogen) atoms. The van der Waals surface area contributed by atoms with E-state index in [1.165, 1.54) is 11.8 Å². The van der Waals surface area contributed by atoms with E-state index in [1.54, 1.807) is 10.4 Å². The molecule has 2 aromatic heterocycles. The summed E-state index contributed by atoms with van der Waals surface area (Å²) in [5.41, 5.74) is 2.13. The average molecular weight is 498 g/mol. The quantitative estimate of drug-likeness (QED) is 0.504. The van der Waals surface area contributed by atoms with Crippen molar-refractivity contribution in [1.29, 1.82) is 0 Å². The lowest BCUT2D eigenvalue weighted by Crippen LogP contribution is -2.47. The zero-order valence-electron chi connectivity index (χ0n) is 20.2. The molecule has 0 saturated carbocycles. The second-order valence-electron chi connectivity index (χ2n) is 9.20. The molecule has 186 valence electrons. The van der Waals surface area contributed by atoms with Crippen LogP contribution in [-0.4, -0.2) is 97.1 Å². The van der Waals surface area contributed by atoms with Gasteiger partial charge >= 0.3 is 0 Å². The van der Waals surface area contributed by atoms with Crippen LogP contribution < -0.4 is 4.90 Å². The summed E-state index contributed by atoms with van der Waals surface area (Å²) in [6.07, 6.45) is 1.49. The first-order valence-electron chi connectivity index (χ1n) is 11.9. The van der Waals surface area contributed by atoms with Crippen molar-refractivity contribution >= 4 is 15.8 Å². The van der Waals surface area contributed by atoms with Gasteiger partial charge in [0, 0.05) is 64.1 Å². The van der Waals surface area contributed by atoms with E-state index in [0.29, 0.717) is 31.3 Å². The van der Waals surface area contributed by atoms with Crippen molar-refractivity contribution in [1.82, 2.24) is 29.2 Å². The SMILES string of the molecule is Cc1ccc(-c2noc(CN3CCN(c4ccc(S(=O)(=O)N5CCN(C)CC5)cn4)CC3)n2)cc1. The average Bonchev–Trinajstić information content (AvgIpc) is 3.34. The Kier molecular flexibility index (Phi) is 6.83. The van der Waals surface area contributed by atoms with Gasteiger partial charge in [-0.3, -0.25) is 4.90 Å². The maximum atomic E-state index is 12.9. The second-order valence-corrected chi connectivity index (χ2v) is 11.1. The third-order valence-corrected chi connectivity index (χ3v) is 8.54. The minimum Gasteiger partial charge on any atom is -0.354 e. The number of aryl methyl sites for hydroxylation is 1. The third kappa shape index (κ3) is 5.37. The first kappa shape index (κ1) is 23.9. The van der Waals surface area contributed by atoms with Gasteiger partial charge in [-0.05, 0) is 26.1 Å². The molecule has 11 heteroatoms. The highest BCUT2D eigenvalue weighted by Gasteiger charge is 2.28. The first-order chi connectivity index (χ1) is 16.9. The normalized spacial score (nSPS) is 18.7. The molecule has 0 bridgehead atoms. The molecule has 3 aromatic rings. The molecule has 0 unspecified atom stereocenters. The standard InChI is InChI=1S/C24H31N7O3S/c1-19-3-5-20(6-4-19)24-26-23(34-27-24)18-29-11-13-30(14-12-29)22-8-7-21(17-25-22)35(32,33)31-15-9-28(2)10-16-31/h3-8,17H,9-16,18H2,1-2H3. The van der Waals surface area contributed by atoms with Crippen LogP contribution in [0.5, 0.6) is 0 Å². The van der Waals surface area contributed by atoms with Crippen LogP contribution in [0.1, 0.15) is 11.5 Å². The molecule has 10 nitrogen and oxygen atoms in total. The van der Waals surface area contributed by atoms with Crippen molar-refractivity contribution in [2.24, 2.45) is 0 Å². The van der Waals surface area contributed by atoms with Crippen LogP contribution in [0.25, 0.3) is 11.4 Å². The lowest BCUT2D eigenvalue weighted by Gasteiger charge is -2.34. The lowest BCUT2D eigenvalue weighted by molar-refractivity contribution is 0.215. The van der Waals surface area contributed by atoms with Crippen molar-refractivity contribution < 1.29 is 12.9 Å². The van der Waals surface area contributed by atoms with Crippen LogP contribution in [0.4, 0.5) is 5.82 Å². The molecule has 5 rings (SSSR count). The Labute approximate surface area is 206 Å². The molecule has 2 fully saturated rings. The van der Waals surface area contributed by atoms with E-state index in [2.05, 4.69) is 29.8 Å². The molecule has 0 aliphatic carbocycles. The fraction of sp³-hybridized carbons (Fsp3) is 0.458. The molecule has 0 atom stereocenters. The lowest BCUT2D eigenvalue weighted by atomic mass is 10.1. The number of likely N-dealkylation sites (N-methyl/N-ethyl adjacent to an activating group) is 1. The van der Waals surface area contributed by atoms with E-state index in [9.17, 15) is 8.42 Å². The van der Waals surface area contributed by atoms with Gasteiger partial charge < -0.3 is 14.3 Å². The smallest absolute Gasteiger partial charge is 0.244 e. The summed E-state index contributed by atoms with van der Waals surface area (Å²) in [6.45, 7) is 8.37. The van der Waals surface area contributed by atoms with Gasteiger partial charge in [-0.1, -0.05) is 35.0 Å². The van der Waals surface area contributed by atoms with Crippen molar-refractivity contribution in [3.63, 3.8) is 0 Å². The minimum atomic E-state index is -3.50. The molecule has 1 aromatic carbocycles. The number of hydrogen-bond donors (Lipinski definition) is 0. The number of benzene rings is 1. The third-order valence-electron chi connectivity index (χ3n) is 6.65. The van der Waals surface area contributed by atoms with Crippen molar-refractivity contribution in [3.05, 3.63) is 54.0 Å². The number of aromatic nitrogens is 3. The molecule has 2 saturated heterocycles. The maximum absolute atomic E-state index is 12.9. The van der Waals surface area contributed by atoms with E-state index in [1.807, 2.05) is 44.3 Å². The van der Waals surface area contributed by atoms with Crippen molar-refractivity contribution in [3.8, 4) is 11.4 Å². The maximum Gasteiger partial charge on any atom is 0.244 e. The Balaban J connectivity index is 1.15. The summed E-state index contributed by atoms with van der Waals surface area (Å²) in [7, 11) is -1.50. The zero-order chi connectivity index (χ0) is 24.4. The Morgan fingerprint density at radius 2 is 1.63 bits per heavy atom. The topological polar surface area (TPSA) is 98.9 Å². The molecular formula is C24H31N7O3S. The largest absolute Gasteiger partial charge is 0.354 e. The van der Waals surface area contributed by atoms with E-state index in [0.717, 1.165) is 50.6 Å². The van der Waals surface area contributed by atoms with Gasteiger partial charge in [0.2, 0.25) is 21.7 Å². The second kappa shape index (κ2) is 10.0. The molecule has 2 aliphatic heterocycles. The molecule has 0 spiro atoms. The summed E-state index contributed by atoms with van der Waals surface area (Å²) >= 11 is 0. The molecule has 4 heterocycles. The fourth-order valence-electron chi connectivity index (χ4n) is 4.36. The molecule has 0 radical (unpaired) electrons. The summed E-state index contributed by atoms with van der Waals surface area (Å²) in [5.74, 6) is 2.00. The highest BCUT2D eigenvalue weighted by Crippen LogP contribution is 2.21. The number of hydrogen-bond acceptors (Lipinski definition) is 9. The van der Waals surface area contributed by atoms with Crippen molar-refractivity contribution in [2.45, 2.75) is 18.4 Å². The van der Waals surface area contributed by atoms with Gasteiger partial charge in [0.25, 0.3) is 0 Å². The van der Waals surface area contributed by atoms with E-state index < -0.39 is 10.0 Å². The summed E-state index contributed by atoms with van der Waals surface area (Å²) in [6, 6.07) is 11.5. The van der Waals surface area contributed by atoms with E-state index in [-0.39, 0.29) is 4.90 Å². The number of sulfonamides is 1. The van der Waals surface area contributed by atoms with Gasteiger partial charge in [-0.2, -0.15) is 9.29 Å². The summed E-state index contributed by atoms with van der Waals surface area (Å²) in [5, 5.41) is 4.12. The predicted octanol–water partition coefficient (Wildman–Crippen LogP) is 1.70. The van der Waals surface area contributed by atoms with E-state index in [4.69, 9.17) is 4.52 Å². The Bertz CT molecular complexity index is 1230. The number of pyridine rings is 1. The van der Waals surface area contributed by atoms with Crippen LogP contribution in [0, 0.1) is 6.92 Å². The molecular weight excluding hydrogens is 466 g/mol. The number of nitrogens with zero attached hydrogens (tertiary/aromatic N) is 7. The highest BCUT2D eigenvalue weighted by molar-refractivity contribution is 7.89. The van der Waals surface area contributed by atoms with Gasteiger partial charge in [0.15, 0.2) is 0 Å². The highest BCUT2D eigenvalue weighted by atomic mass is 32.2. The molecule has 2 aliphatic rings. The Morgan fingerprint density at radius 1 is 0.914 bits per heavy atom. The van der Waals surface area contributed by atoms with Crippen LogP contribution in [0.3, 0.4) is 0 Å². The Hall–Kier alpha value is -2.86. The first-order valence-corrected chi connectivity index (χ1v) is 13.3. The fourth-order valence-corrected chi connectivity index (χ4v) is 5.72. The van der Waals surface area contributed by atoms with Crippen LogP contribution in [-0.2, 0) is 16.6 Å². The monoisotopic (exact) mass is 497 g/mol. The van der Waals surface area contributed by atoms with Gasteiger partial charge in [0.1, 0.15) is 10.7 Å². The van der Waals surface area contributed by atoms with Gasteiger partial charge in [0.05, 0.1) is 6.54 Å². The van der Waals surface area contributed by atoms with Crippen LogP contribution >= 0.6 is 0 Å².